The number of nitrogens with two attached hydrogens (primary N) is 1. The van der Waals surface area contributed by atoms with Crippen molar-refractivity contribution in [2.75, 3.05) is 26.3 Å². The first-order valence-corrected chi connectivity index (χ1v) is 7.53. The molecule has 0 aliphatic rings. The standard InChI is InChI=1S/C11H19N3O4S/c1-3-14(5-6-18-4-2)11(15)10-7-9(8-13-10)19(12,16)17/h7-8,13H,3-6H2,1-2H3,(H2,12,16,17). The molecule has 0 aliphatic heterocycles. The normalized spacial score (nSPS) is 11.5. The Bertz CT molecular complexity index is 524. The summed E-state index contributed by atoms with van der Waals surface area (Å²) in [6, 6.07) is 1.24. The van der Waals surface area contributed by atoms with Gasteiger partial charge in [0.2, 0.25) is 10.0 Å². The number of sulfonamides is 1. The van der Waals surface area contributed by atoms with Crippen LogP contribution >= 0.6 is 0 Å². The summed E-state index contributed by atoms with van der Waals surface area (Å²) in [7, 11) is -3.80. The number of aromatic nitrogens is 1. The van der Waals surface area contributed by atoms with Gasteiger partial charge in [0.05, 0.1) is 11.5 Å². The lowest BCUT2D eigenvalue weighted by Gasteiger charge is -2.19. The third kappa shape index (κ3) is 4.34. The molecule has 1 heterocycles. The highest BCUT2D eigenvalue weighted by atomic mass is 32.2. The summed E-state index contributed by atoms with van der Waals surface area (Å²) in [5.74, 6) is -0.280. The summed E-state index contributed by atoms with van der Waals surface area (Å²) < 4.78 is 27.5. The van der Waals surface area contributed by atoms with Gasteiger partial charge in [0.1, 0.15) is 5.69 Å². The number of H-pyrrole nitrogens is 1. The van der Waals surface area contributed by atoms with E-state index in [4.69, 9.17) is 9.88 Å². The Morgan fingerprint density at radius 3 is 2.63 bits per heavy atom. The summed E-state index contributed by atoms with van der Waals surface area (Å²) in [6.45, 7) is 5.71. The van der Waals surface area contributed by atoms with Gasteiger partial charge < -0.3 is 14.6 Å². The number of aromatic amines is 1. The van der Waals surface area contributed by atoms with Gasteiger partial charge in [-0.3, -0.25) is 4.79 Å². The minimum Gasteiger partial charge on any atom is -0.380 e. The van der Waals surface area contributed by atoms with E-state index in [1.807, 2.05) is 13.8 Å². The van der Waals surface area contributed by atoms with Gasteiger partial charge in [-0.25, -0.2) is 13.6 Å². The predicted octanol–water partition coefficient (Wildman–Crippen LogP) is 0.161. The second kappa shape index (κ2) is 6.69. The zero-order chi connectivity index (χ0) is 14.5. The minimum absolute atomic E-state index is 0.100. The number of amides is 1. The van der Waals surface area contributed by atoms with Crippen molar-refractivity contribution in [1.82, 2.24) is 9.88 Å². The molecular weight excluding hydrogens is 270 g/mol. The number of carbonyl (C=O) groups is 1. The first kappa shape index (κ1) is 15.7. The van der Waals surface area contributed by atoms with Crippen molar-refractivity contribution in [1.29, 1.82) is 0 Å². The number of hydrogen-bond acceptors (Lipinski definition) is 4. The van der Waals surface area contributed by atoms with Gasteiger partial charge in [0, 0.05) is 25.9 Å². The molecule has 1 aromatic rings. The fourth-order valence-electron chi connectivity index (χ4n) is 1.55. The number of ether oxygens (including phenoxy) is 1. The molecule has 0 fully saturated rings. The molecule has 1 rings (SSSR count). The van der Waals surface area contributed by atoms with Gasteiger partial charge >= 0.3 is 0 Å². The van der Waals surface area contributed by atoms with Crippen molar-refractivity contribution in [3.63, 3.8) is 0 Å². The van der Waals surface area contributed by atoms with Crippen LogP contribution < -0.4 is 5.14 Å². The molecule has 8 heteroatoms. The van der Waals surface area contributed by atoms with Crippen LogP contribution in [-0.4, -0.2) is 50.5 Å². The van der Waals surface area contributed by atoms with E-state index < -0.39 is 10.0 Å². The molecule has 3 N–H and O–H groups in total. The number of primary sulfonamides is 1. The highest BCUT2D eigenvalue weighted by Gasteiger charge is 2.18. The number of nitrogens with one attached hydrogen (secondary N) is 1. The maximum atomic E-state index is 12.1. The second-order valence-electron chi connectivity index (χ2n) is 3.88. The number of hydrogen-bond donors (Lipinski definition) is 2. The molecule has 7 nitrogen and oxygen atoms in total. The molecule has 0 aliphatic carbocycles. The maximum absolute atomic E-state index is 12.1. The van der Waals surface area contributed by atoms with E-state index in [1.165, 1.54) is 12.3 Å². The van der Waals surface area contributed by atoms with Gasteiger partial charge in [0.15, 0.2) is 0 Å². The van der Waals surface area contributed by atoms with Crippen molar-refractivity contribution in [2.45, 2.75) is 18.7 Å². The second-order valence-corrected chi connectivity index (χ2v) is 5.44. The van der Waals surface area contributed by atoms with E-state index in [0.29, 0.717) is 26.3 Å². The Balaban J connectivity index is 2.77. The third-order valence-electron chi connectivity index (χ3n) is 2.59. The number of rotatable bonds is 7. The monoisotopic (exact) mass is 289 g/mol. The maximum Gasteiger partial charge on any atom is 0.270 e. The van der Waals surface area contributed by atoms with Gasteiger partial charge in [-0.15, -0.1) is 0 Å². The summed E-state index contributed by atoms with van der Waals surface area (Å²) in [5, 5.41) is 4.98. The van der Waals surface area contributed by atoms with Crippen LogP contribution in [0, 0.1) is 0 Å². The van der Waals surface area contributed by atoms with Gasteiger partial charge in [-0.05, 0) is 19.9 Å². The van der Waals surface area contributed by atoms with E-state index in [9.17, 15) is 13.2 Å². The van der Waals surface area contributed by atoms with Crippen LogP contribution in [0.4, 0.5) is 0 Å². The zero-order valence-corrected chi connectivity index (χ0v) is 11.9. The molecule has 19 heavy (non-hydrogen) atoms. The Morgan fingerprint density at radius 1 is 1.47 bits per heavy atom. The molecule has 0 atom stereocenters. The smallest absolute Gasteiger partial charge is 0.270 e. The van der Waals surface area contributed by atoms with Crippen LogP contribution in [0.15, 0.2) is 17.2 Å². The van der Waals surface area contributed by atoms with Crippen molar-refractivity contribution >= 4 is 15.9 Å². The van der Waals surface area contributed by atoms with Crippen LogP contribution in [0.1, 0.15) is 24.3 Å². The predicted molar refractivity (Wildman–Crippen MR) is 70.2 cm³/mol. The molecule has 1 aromatic heterocycles. The molecule has 1 amide bonds. The van der Waals surface area contributed by atoms with Crippen molar-refractivity contribution in [3.8, 4) is 0 Å². The van der Waals surface area contributed by atoms with Crippen molar-refractivity contribution in [3.05, 3.63) is 18.0 Å². The first-order valence-electron chi connectivity index (χ1n) is 5.98. The van der Waals surface area contributed by atoms with Crippen LogP contribution in [0.2, 0.25) is 0 Å². The van der Waals surface area contributed by atoms with Gasteiger partial charge in [-0.1, -0.05) is 0 Å². The Labute approximate surface area is 112 Å². The molecule has 0 spiro atoms. The van der Waals surface area contributed by atoms with Crippen LogP contribution in [0.25, 0.3) is 0 Å². The lowest BCUT2D eigenvalue weighted by Crippen LogP contribution is -2.34. The quantitative estimate of drug-likeness (QED) is 0.697. The molecule has 0 unspecified atom stereocenters. The van der Waals surface area contributed by atoms with E-state index in [2.05, 4.69) is 4.98 Å². The molecular formula is C11H19N3O4S. The lowest BCUT2D eigenvalue weighted by molar-refractivity contribution is 0.0664. The molecule has 0 bridgehead atoms. The Kier molecular flexibility index (Phi) is 5.52. The van der Waals surface area contributed by atoms with E-state index in [1.54, 1.807) is 4.90 Å². The highest BCUT2D eigenvalue weighted by molar-refractivity contribution is 7.89. The Morgan fingerprint density at radius 2 is 2.16 bits per heavy atom. The first-order chi connectivity index (χ1) is 8.90. The van der Waals surface area contributed by atoms with Crippen LogP contribution in [-0.2, 0) is 14.8 Å². The summed E-state index contributed by atoms with van der Waals surface area (Å²) in [5.41, 5.74) is 0.197. The van der Waals surface area contributed by atoms with E-state index >= 15 is 0 Å². The lowest BCUT2D eigenvalue weighted by atomic mass is 10.3. The largest absolute Gasteiger partial charge is 0.380 e. The zero-order valence-electron chi connectivity index (χ0n) is 11.0. The number of likely N-dealkylation sites (N-methyl/N-ethyl adjacent to an activating group) is 1. The third-order valence-corrected chi connectivity index (χ3v) is 3.49. The van der Waals surface area contributed by atoms with E-state index in [-0.39, 0.29) is 16.5 Å². The number of carbonyl (C=O) groups excluding carboxylic acids is 1. The van der Waals surface area contributed by atoms with Crippen molar-refractivity contribution < 1.29 is 17.9 Å². The average molecular weight is 289 g/mol. The molecule has 0 saturated carbocycles. The molecule has 0 aromatic carbocycles. The van der Waals surface area contributed by atoms with Gasteiger partial charge in [-0.2, -0.15) is 0 Å². The SMILES string of the molecule is CCOCCN(CC)C(=O)c1cc(S(N)(=O)=O)c[nH]1. The van der Waals surface area contributed by atoms with Crippen LogP contribution in [0.3, 0.4) is 0 Å². The Hall–Kier alpha value is -1.38. The van der Waals surface area contributed by atoms with E-state index in [0.717, 1.165) is 0 Å². The van der Waals surface area contributed by atoms with Crippen molar-refractivity contribution in [2.24, 2.45) is 5.14 Å². The fourth-order valence-corrected chi connectivity index (χ4v) is 2.06. The van der Waals surface area contributed by atoms with Gasteiger partial charge in [0.25, 0.3) is 5.91 Å². The summed E-state index contributed by atoms with van der Waals surface area (Å²) in [4.78, 5) is 16.2. The topological polar surface area (TPSA) is 105 Å². The summed E-state index contributed by atoms with van der Waals surface area (Å²) >= 11 is 0. The fraction of sp³-hybridized carbons (Fsp3) is 0.545. The molecule has 108 valence electrons. The number of nitrogens with zero attached hydrogens (tertiary/aromatic N) is 1. The highest BCUT2D eigenvalue weighted by Crippen LogP contribution is 2.10. The average Bonchev–Trinajstić information content (AvgIpc) is 2.83. The molecule has 0 saturated heterocycles. The summed E-state index contributed by atoms with van der Waals surface area (Å²) in [6.07, 6.45) is 1.21. The van der Waals surface area contributed by atoms with Crippen LogP contribution in [0.5, 0.6) is 0 Å². The minimum atomic E-state index is -3.80. The molecule has 0 radical (unpaired) electrons.